The third-order valence-electron chi connectivity index (χ3n) is 2.94. The van der Waals surface area contributed by atoms with Gasteiger partial charge >= 0.3 is 12.0 Å². The topological polar surface area (TPSA) is 84.5 Å². The molecule has 0 aromatic heterocycles. The number of benzene rings is 2. The highest BCUT2D eigenvalue weighted by Crippen LogP contribution is 2.08. The molecule has 0 aliphatic heterocycles. The Balaban J connectivity index is 1.72. The van der Waals surface area contributed by atoms with Crippen molar-refractivity contribution in [2.24, 2.45) is 0 Å². The Kier molecular flexibility index (Phi) is 6.74. The second kappa shape index (κ2) is 9.02. The number of imide groups is 1. The molecule has 24 heavy (non-hydrogen) atoms. The molecule has 0 saturated heterocycles. The molecule has 0 heterocycles. The second-order valence-electron chi connectivity index (χ2n) is 4.80. The van der Waals surface area contributed by atoms with Gasteiger partial charge in [-0.3, -0.25) is 10.1 Å². The molecule has 0 bridgehead atoms. The van der Waals surface area contributed by atoms with Gasteiger partial charge in [0, 0.05) is 10.1 Å². The third kappa shape index (κ3) is 5.99. The van der Waals surface area contributed by atoms with Gasteiger partial charge in [-0.1, -0.05) is 36.4 Å². The van der Waals surface area contributed by atoms with Crippen LogP contribution >= 0.6 is 22.6 Å². The normalized spacial score (nSPS) is 9.88. The molecule has 0 aliphatic rings. The van der Waals surface area contributed by atoms with E-state index in [4.69, 9.17) is 4.74 Å². The maximum atomic E-state index is 11.8. The first kappa shape index (κ1) is 17.9. The molecule has 7 heteroatoms. The van der Waals surface area contributed by atoms with Gasteiger partial charge < -0.3 is 10.1 Å². The van der Waals surface area contributed by atoms with Crippen molar-refractivity contribution in [2.75, 3.05) is 6.61 Å². The molecule has 2 aromatic carbocycles. The summed E-state index contributed by atoms with van der Waals surface area (Å²) in [6.45, 7) is -0.231. The summed E-state index contributed by atoms with van der Waals surface area (Å²) in [5, 5.41) is 4.64. The van der Waals surface area contributed by atoms with Crippen molar-refractivity contribution in [1.82, 2.24) is 10.6 Å². The van der Waals surface area contributed by atoms with E-state index >= 15 is 0 Å². The summed E-state index contributed by atoms with van der Waals surface area (Å²) in [6, 6.07) is 15.4. The number of amides is 3. The summed E-state index contributed by atoms with van der Waals surface area (Å²) < 4.78 is 5.76. The van der Waals surface area contributed by atoms with Crippen LogP contribution in [0, 0.1) is 3.57 Å². The molecule has 0 fully saturated rings. The molecule has 124 valence electrons. The average molecular weight is 438 g/mol. The summed E-state index contributed by atoms with van der Waals surface area (Å²) in [4.78, 5) is 35.0. The van der Waals surface area contributed by atoms with Crippen LogP contribution in [-0.4, -0.2) is 24.5 Å². The SMILES string of the molecule is O=C(COC(=O)c1cccc(I)c1)NC(=O)NCc1ccccc1. The predicted octanol–water partition coefficient (Wildman–Crippen LogP) is 2.47. The molecule has 0 aliphatic carbocycles. The highest BCUT2D eigenvalue weighted by Gasteiger charge is 2.12. The zero-order chi connectivity index (χ0) is 17.4. The average Bonchev–Trinajstić information content (AvgIpc) is 2.59. The van der Waals surface area contributed by atoms with Gasteiger partial charge in [0.2, 0.25) is 0 Å². The quantitative estimate of drug-likeness (QED) is 0.555. The molecule has 0 unspecified atom stereocenters. The van der Waals surface area contributed by atoms with E-state index < -0.39 is 24.5 Å². The van der Waals surface area contributed by atoms with Crippen molar-refractivity contribution in [3.05, 3.63) is 69.3 Å². The van der Waals surface area contributed by atoms with Crippen LogP contribution in [0.3, 0.4) is 0 Å². The Bertz CT molecular complexity index is 734. The minimum Gasteiger partial charge on any atom is -0.452 e. The fourth-order valence-corrected chi connectivity index (χ4v) is 2.36. The summed E-state index contributed by atoms with van der Waals surface area (Å²) >= 11 is 2.07. The zero-order valence-corrected chi connectivity index (χ0v) is 14.8. The minimum atomic E-state index is -0.695. The van der Waals surface area contributed by atoms with Gasteiger partial charge in [-0.2, -0.15) is 0 Å². The summed E-state index contributed by atoms with van der Waals surface area (Å²) in [5.41, 5.74) is 1.26. The van der Waals surface area contributed by atoms with Gasteiger partial charge in [0.05, 0.1) is 5.56 Å². The first-order valence-electron chi connectivity index (χ1n) is 7.09. The Labute approximate surface area is 152 Å². The van der Waals surface area contributed by atoms with Crippen LogP contribution in [-0.2, 0) is 16.1 Å². The molecule has 0 saturated carbocycles. The van der Waals surface area contributed by atoms with E-state index in [0.29, 0.717) is 12.1 Å². The molecular weight excluding hydrogens is 423 g/mol. The monoisotopic (exact) mass is 438 g/mol. The zero-order valence-electron chi connectivity index (χ0n) is 12.6. The lowest BCUT2D eigenvalue weighted by Gasteiger charge is -2.08. The van der Waals surface area contributed by atoms with Crippen LogP contribution in [0.2, 0.25) is 0 Å². The first-order chi connectivity index (χ1) is 11.5. The Hall–Kier alpha value is -2.42. The number of nitrogens with one attached hydrogen (secondary N) is 2. The number of carbonyl (C=O) groups is 3. The highest BCUT2D eigenvalue weighted by atomic mass is 127. The van der Waals surface area contributed by atoms with Gasteiger partial charge in [0.15, 0.2) is 6.61 Å². The van der Waals surface area contributed by atoms with Crippen LogP contribution in [0.5, 0.6) is 0 Å². The van der Waals surface area contributed by atoms with E-state index in [2.05, 4.69) is 33.2 Å². The number of rotatable bonds is 5. The van der Waals surface area contributed by atoms with Crippen molar-refractivity contribution in [3.63, 3.8) is 0 Å². The molecule has 6 nitrogen and oxygen atoms in total. The number of ether oxygens (including phenoxy) is 1. The maximum Gasteiger partial charge on any atom is 0.338 e. The minimum absolute atomic E-state index is 0.294. The lowest BCUT2D eigenvalue weighted by Crippen LogP contribution is -2.41. The van der Waals surface area contributed by atoms with Gasteiger partial charge in [0.25, 0.3) is 5.91 Å². The van der Waals surface area contributed by atoms with Gasteiger partial charge in [0.1, 0.15) is 0 Å². The number of hydrogen-bond donors (Lipinski definition) is 2. The molecule has 0 spiro atoms. The van der Waals surface area contributed by atoms with Crippen LogP contribution in [0.15, 0.2) is 54.6 Å². The Morgan fingerprint density at radius 1 is 1.00 bits per heavy atom. The van der Waals surface area contributed by atoms with Gasteiger partial charge in [-0.05, 0) is 46.4 Å². The number of hydrogen-bond acceptors (Lipinski definition) is 4. The highest BCUT2D eigenvalue weighted by molar-refractivity contribution is 14.1. The fourth-order valence-electron chi connectivity index (χ4n) is 1.81. The summed E-state index contributed by atoms with van der Waals surface area (Å²) in [5.74, 6) is -1.31. The Morgan fingerprint density at radius 2 is 1.75 bits per heavy atom. The van der Waals surface area contributed by atoms with E-state index in [1.807, 2.05) is 36.4 Å². The molecule has 0 radical (unpaired) electrons. The number of halogens is 1. The largest absolute Gasteiger partial charge is 0.452 e. The maximum absolute atomic E-state index is 11.8. The van der Waals surface area contributed by atoms with E-state index in [1.165, 1.54) is 0 Å². The number of urea groups is 1. The third-order valence-corrected chi connectivity index (χ3v) is 3.61. The lowest BCUT2D eigenvalue weighted by molar-refractivity contribution is -0.123. The summed E-state index contributed by atoms with van der Waals surface area (Å²) in [7, 11) is 0. The van der Waals surface area contributed by atoms with E-state index in [1.54, 1.807) is 18.2 Å². The van der Waals surface area contributed by atoms with Crippen LogP contribution in [0.1, 0.15) is 15.9 Å². The fraction of sp³-hybridized carbons (Fsp3) is 0.118. The van der Waals surface area contributed by atoms with Crippen LogP contribution in [0.25, 0.3) is 0 Å². The molecule has 2 aromatic rings. The van der Waals surface area contributed by atoms with Crippen LogP contribution in [0.4, 0.5) is 4.79 Å². The standard InChI is InChI=1S/C17H15IN2O4/c18-14-8-4-7-13(9-14)16(22)24-11-15(21)20-17(23)19-10-12-5-2-1-3-6-12/h1-9H,10-11H2,(H2,19,20,21,23). The molecule has 3 amide bonds. The number of esters is 1. The lowest BCUT2D eigenvalue weighted by atomic mass is 10.2. The van der Waals surface area contributed by atoms with Crippen molar-refractivity contribution in [2.45, 2.75) is 6.54 Å². The predicted molar refractivity (Wildman–Crippen MR) is 96.3 cm³/mol. The molecule has 2 N–H and O–H groups in total. The van der Waals surface area contributed by atoms with E-state index in [-0.39, 0.29) is 0 Å². The van der Waals surface area contributed by atoms with Crippen LogP contribution < -0.4 is 10.6 Å². The van der Waals surface area contributed by atoms with Gasteiger partial charge in [-0.25, -0.2) is 9.59 Å². The molecule has 2 rings (SSSR count). The van der Waals surface area contributed by atoms with E-state index in [0.717, 1.165) is 9.13 Å². The van der Waals surface area contributed by atoms with Gasteiger partial charge in [-0.15, -0.1) is 0 Å². The Morgan fingerprint density at radius 3 is 2.46 bits per heavy atom. The van der Waals surface area contributed by atoms with E-state index in [9.17, 15) is 14.4 Å². The number of carbonyl (C=O) groups excluding carboxylic acids is 3. The first-order valence-corrected chi connectivity index (χ1v) is 8.17. The smallest absolute Gasteiger partial charge is 0.338 e. The van der Waals surface area contributed by atoms with Crippen molar-refractivity contribution >= 4 is 40.5 Å². The second-order valence-corrected chi connectivity index (χ2v) is 6.05. The summed E-state index contributed by atoms with van der Waals surface area (Å²) in [6.07, 6.45) is 0. The van der Waals surface area contributed by atoms with Crippen molar-refractivity contribution < 1.29 is 19.1 Å². The molecular formula is C17H15IN2O4. The van der Waals surface area contributed by atoms with Crippen molar-refractivity contribution in [1.29, 1.82) is 0 Å². The molecule has 0 atom stereocenters. The van der Waals surface area contributed by atoms with Crippen molar-refractivity contribution in [3.8, 4) is 0 Å².